The van der Waals surface area contributed by atoms with Gasteiger partial charge in [-0.2, -0.15) is 0 Å². The Morgan fingerprint density at radius 3 is 2.08 bits per heavy atom. The first kappa shape index (κ1) is 17.9. The van der Waals surface area contributed by atoms with E-state index >= 15 is 0 Å². The van der Waals surface area contributed by atoms with Crippen molar-refractivity contribution in [2.24, 2.45) is 0 Å². The fourth-order valence-electron chi connectivity index (χ4n) is 2.73. The van der Waals surface area contributed by atoms with Gasteiger partial charge in [-0.05, 0) is 30.3 Å². The Balaban J connectivity index is 1.60. The lowest BCUT2D eigenvalue weighted by Gasteiger charge is -2.34. The molecule has 2 heterocycles. The van der Waals surface area contributed by atoms with Gasteiger partial charge in [-0.15, -0.1) is 0 Å². The molecule has 1 aromatic carbocycles. The van der Waals surface area contributed by atoms with Gasteiger partial charge in [-0.25, -0.2) is 0 Å². The lowest BCUT2D eigenvalue weighted by Crippen LogP contribution is -2.50. The number of hydrogen-bond donors (Lipinski definition) is 0. The Hall–Kier alpha value is -2.94. The maximum atomic E-state index is 12.5. The van der Waals surface area contributed by atoms with Crippen molar-refractivity contribution in [1.29, 1.82) is 0 Å². The van der Waals surface area contributed by atoms with Crippen LogP contribution in [0.3, 0.4) is 0 Å². The zero-order valence-corrected chi connectivity index (χ0v) is 14.9. The molecule has 0 saturated carbocycles. The average molecular weight is 375 g/mol. The summed E-state index contributed by atoms with van der Waals surface area (Å²) in [7, 11) is 1.56. The van der Waals surface area contributed by atoms with E-state index in [0.717, 1.165) is 11.3 Å². The minimum atomic E-state index is -0.507. The van der Waals surface area contributed by atoms with E-state index < -0.39 is 4.92 Å². The molecule has 0 atom stereocenters. The second kappa shape index (κ2) is 7.52. The third kappa shape index (κ3) is 3.67. The highest BCUT2D eigenvalue weighted by Gasteiger charge is 2.27. The molecule has 0 spiro atoms. The molecule has 2 aromatic rings. The molecule has 1 aliphatic rings. The molecule has 8 nitrogen and oxygen atoms in total. The van der Waals surface area contributed by atoms with Gasteiger partial charge in [0.15, 0.2) is 0 Å². The SMILES string of the molecule is COc1ccc(C(=O)N2CCN(C(=O)c3ccc([N+](=O)[O-])s3)CC2)cc1. The number of nitrogens with zero attached hydrogens (tertiary/aromatic N) is 3. The summed E-state index contributed by atoms with van der Waals surface area (Å²) >= 11 is 0.867. The highest BCUT2D eigenvalue weighted by molar-refractivity contribution is 7.17. The van der Waals surface area contributed by atoms with Crippen LogP contribution in [0.1, 0.15) is 20.0 Å². The fraction of sp³-hybridized carbons (Fsp3) is 0.294. The van der Waals surface area contributed by atoms with E-state index in [9.17, 15) is 19.7 Å². The molecule has 136 valence electrons. The highest BCUT2D eigenvalue weighted by Crippen LogP contribution is 2.25. The molecule has 26 heavy (non-hydrogen) atoms. The second-order valence-corrected chi connectivity index (χ2v) is 6.77. The highest BCUT2D eigenvalue weighted by atomic mass is 32.1. The molecular weight excluding hydrogens is 358 g/mol. The van der Waals surface area contributed by atoms with E-state index in [-0.39, 0.29) is 16.8 Å². The molecule has 1 saturated heterocycles. The molecular formula is C17H17N3O5S. The summed E-state index contributed by atoms with van der Waals surface area (Å²) in [6, 6.07) is 9.70. The number of carbonyl (C=O) groups is 2. The van der Waals surface area contributed by atoms with E-state index in [1.54, 1.807) is 41.2 Å². The zero-order valence-electron chi connectivity index (χ0n) is 14.1. The fourth-order valence-corrected chi connectivity index (χ4v) is 3.51. The second-order valence-electron chi connectivity index (χ2n) is 5.71. The van der Waals surface area contributed by atoms with Gasteiger partial charge in [0, 0.05) is 37.8 Å². The summed E-state index contributed by atoms with van der Waals surface area (Å²) in [6.07, 6.45) is 0. The maximum Gasteiger partial charge on any atom is 0.324 e. The van der Waals surface area contributed by atoms with Crippen molar-refractivity contribution < 1.29 is 19.2 Å². The predicted molar refractivity (Wildman–Crippen MR) is 95.8 cm³/mol. The molecule has 9 heteroatoms. The topological polar surface area (TPSA) is 93.0 Å². The Morgan fingerprint density at radius 1 is 1.00 bits per heavy atom. The van der Waals surface area contributed by atoms with E-state index in [1.165, 1.54) is 12.1 Å². The summed E-state index contributed by atoms with van der Waals surface area (Å²) < 4.78 is 5.08. The van der Waals surface area contributed by atoms with Crippen molar-refractivity contribution >= 4 is 28.2 Å². The lowest BCUT2D eigenvalue weighted by molar-refractivity contribution is -0.380. The van der Waals surface area contributed by atoms with E-state index in [1.807, 2.05) is 0 Å². The first-order valence-electron chi connectivity index (χ1n) is 7.96. The van der Waals surface area contributed by atoms with E-state index in [2.05, 4.69) is 0 Å². The Labute approximate surface area is 153 Å². The first-order valence-corrected chi connectivity index (χ1v) is 8.78. The third-order valence-electron chi connectivity index (χ3n) is 4.17. The lowest BCUT2D eigenvalue weighted by atomic mass is 10.1. The zero-order chi connectivity index (χ0) is 18.7. The van der Waals surface area contributed by atoms with Crippen molar-refractivity contribution in [3.05, 3.63) is 57.0 Å². The third-order valence-corrected chi connectivity index (χ3v) is 5.20. The number of rotatable bonds is 4. The van der Waals surface area contributed by atoms with Crippen LogP contribution in [0.5, 0.6) is 5.75 Å². The van der Waals surface area contributed by atoms with Crippen LogP contribution in [0, 0.1) is 10.1 Å². The van der Waals surface area contributed by atoms with Gasteiger partial charge in [0.25, 0.3) is 11.8 Å². The van der Waals surface area contributed by atoms with Gasteiger partial charge in [0.05, 0.1) is 16.9 Å². The smallest absolute Gasteiger partial charge is 0.324 e. The molecule has 0 unspecified atom stereocenters. The number of ether oxygens (including phenoxy) is 1. The predicted octanol–water partition coefficient (Wildman–Crippen LogP) is 2.26. The summed E-state index contributed by atoms with van der Waals surface area (Å²) in [6.45, 7) is 1.63. The van der Waals surface area contributed by atoms with Gasteiger partial charge in [0.2, 0.25) is 0 Å². The number of benzene rings is 1. The summed E-state index contributed by atoms with van der Waals surface area (Å²) in [4.78, 5) is 38.9. The Bertz CT molecular complexity index is 825. The number of carbonyl (C=O) groups excluding carboxylic acids is 2. The number of nitro groups is 1. The quantitative estimate of drug-likeness (QED) is 0.604. The molecule has 0 aliphatic carbocycles. The van der Waals surface area contributed by atoms with Crippen LogP contribution >= 0.6 is 11.3 Å². The van der Waals surface area contributed by atoms with Gasteiger partial charge in [-0.3, -0.25) is 19.7 Å². The van der Waals surface area contributed by atoms with Crippen molar-refractivity contribution in [1.82, 2.24) is 9.80 Å². The van der Waals surface area contributed by atoms with Crippen molar-refractivity contribution in [3.63, 3.8) is 0 Å². The van der Waals surface area contributed by atoms with Crippen LogP contribution in [0.2, 0.25) is 0 Å². The monoisotopic (exact) mass is 375 g/mol. The van der Waals surface area contributed by atoms with Crippen molar-refractivity contribution in [2.45, 2.75) is 0 Å². The summed E-state index contributed by atoms with van der Waals surface area (Å²) in [5.41, 5.74) is 0.569. The first-order chi connectivity index (χ1) is 12.5. The van der Waals surface area contributed by atoms with E-state index in [0.29, 0.717) is 42.4 Å². The number of methoxy groups -OCH3 is 1. The van der Waals surface area contributed by atoms with Crippen LogP contribution in [-0.4, -0.2) is 59.8 Å². The molecule has 1 aliphatic heterocycles. The van der Waals surface area contributed by atoms with Crippen LogP contribution in [0.25, 0.3) is 0 Å². The maximum absolute atomic E-state index is 12.5. The Kier molecular flexibility index (Phi) is 5.17. The van der Waals surface area contributed by atoms with E-state index in [4.69, 9.17) is 4.74 Å². The van der Waals surface area contributed by atoms with Crippen molar-refractivity contribution in [3.8, 4) is 5.75 Å². The van der Waals surface area contributed by atoms with Gasteiger partial charge in [0.1, 0.15) is 5.75 Å². The summed E-state index contributed by atoms with van der Waals surface area (Å²) in [5, 5.41) is 10.7. The number of amides is 2. The van der Waals surface area contributed by atoms with Crippen LogP contribution in [0.4, 0.5) is 5.00 Å². The van der Waals surface area contributed by atoms with Gasteiger partial charge < -0.3 is 14.5 Å². The molecule has 0 N–H and O–H groups in total. The normalized spacial score (nSPS) is 14.2. The van der Waals surface area contributed by atoms with Crippen LogP contribution in [0.15, 0.2) is 36.4 Å². The molecule has 1 fully saturated rings. The minimum absolute atomic E-state index is 0.0540. The largest absolute Gasteiger partial charge is 0.497 e. The number of piperazine rings is 1. The average Bonchev–Trinajstić information content (AvgIpc) is 3.17. The number of hydrogen-bond acceptors (Lipinski definition) is 6. The molecule has 0 radical (unpaired) electrons. The number of thiophene rings is 1. The van der Waals surface area contributed by atoms with Crippen LogP contribution in [-0.2, 0) is 0 Å². The minimum Gasteiger partial charge on any atom is -0.497 e. The molecule has 1 aromatic heterocycles. The summed E-state index contributed by atoms with van der Waals surface area (Å²) in [5.74, 6) is 0.355. The van der Waals surface area contributed by atoms with Gasteiger partial charge in [-0.1, -0.05) is 11.3 Å². The van der Waals surface area contributed by atoms with Crippen molar-refractivity contribution in [2.75, 3.05) is 33.3 Å². The molecule has 2 amide bonds. The standard InChI is InChI=1S/C17H17N3O5S/c1-25-13-4-2-12(3-5-13)16(21)18-8-10-19(11-9-18)17(22)14-6-7-15(26-14)20(23)24/h2-7H,8-11H2,1H3. The van der Waals surface area contributed by atoms with Crippen LogP contribution < -0.4 is 4.74 Å². The van der Waals surface area contributed by atoms with Gasteiger partial charge >= 0.3 is 5.00 Å². The Morgan fingerprint density at radius 2 is 1.58 bits per heavy atom. The molecule has 3 rings (SSSR count). The molecule has 0 bridgehead atoms.